The molecule has 6 heteroatoms. The van der Waals surface area contributed by atoms with E-state index in [0.717, 1.165) is 6.07 Å². The van der Waals surface area contributed by atoms with Crippen LogP contribution in [-0.4, -0.2) is 8.42 Å². The molecule has 0 heterocycles. The summed E-state index contributed by atoms with van der Waals surface area (Å²) in [6, 6.07) is 12.3. The van der Waals surface area contributed by atoms with Gasteiger partial charge in [-0.1, -0.05) is 24.3 Å². The summed E-state index contributed by atoms with van der Waals surface area (Å²) >= 11 is 0. The van der Waals surface area contributed by atoms with Gasteiger partial charge >= 0.3 is 0 Å². The van der Waals surface area contributed by atoms with E-state index in [9.17, 15) is 12.8 Å². The van der Waals surface area contributed by atoms with Crippen LogP contribution in [0.4, 0.5) is 4.39 Å². The standard InChI is InChI=1S/C15H13FN2O2S/c1-11-4-2-3-5-15(11)21(19,20)18-10-13-7-6-12(9-17)8-14(13)16/h2-8,18H,10H2,1H3. The number of hydrogen-bond donors (Lipinski definition) is 1. The number of rotatable bonds is 4. The first-order valence-corrected chi connectivity index (χ1v) is 7.66. The number of nitrogens with zero attached hydrogens (tertiary/aromatic N) is 1. The molecule has 0 bridgehead atoms. The largest absolute Gasteiger partial charge is 0.241 e. The molecular weight excluding hydrogens is 291 g/mol. The number of nitriles is 1. The van der Waals surface area contributed by atoms with Gasteiger partial charge in [0.2, 0.25) is 10.0 Å². The quantitative estimate of drug-likeness (QED) is 0.943. The molecule has 1 N–H and O–H groups in total. The molecule has 2 aromatic carbocycles. The summed E-state index contributed by atoms with van der Waals surface area (Å²) in [4.78, 5) is 0.166. The van der Waals surface area contributed by atoms with Crippen LogP contribution in [0, 0.1) is 24.1 Å². The second-order valence-corrected chi connectivity index (χ2v) is 6.24. The first kappa shape index (κ1) is 15.2. The first-order valence-electron chi connectivity index (χ1n) is 6.18. The fourth-order valence-corrected chi connectivity index (χ4v) is 3.12. The average molecular weight is 304 g/mol. The van der Waals surface area contributed by atoms with Gasteiger partial charge in [0, 0.05) is 12.1 Å². The van der Waals surface area contributed by atoms with Crippen LogP contribution < -0.4 is 4.72 Å². The van der Waals surface area contributed by atoms with Crippen LogP contribution >= 0.6 is 0 Å². The maximum absolute atomic E-state index is 13.7. The molecule has 0 aliphatic carbocycles. The summed E-state index contributed by atoms with van der Waals surface area (Å²) in [5, 5.41) is 8.66. The fourth-order valence-electron chi connectivity index (χ4n) is 1.87. The van der Waals surface area contributed by atoms with E-state index < -0.39 is 15.8 Å². The Kier molecular flexibility index (Phi) is 4.36. The SMILES string of the molecule is Cc1ccccc1S(=O)(=O)NCc1ccc(C#N)cc1F. The lowest BCUT2D eigenvalue weighted by atomic mass is 10.1. The van der Waals surface area contributed by atoms with E-state index in [1.54, 1.807) is 25.1 Å². The van der Waals surface area contributed by atoms with Gasteiger partial charge in [-0.25, -0.2) is 17.5 Å². The minimum atomic E-state index is -3.70. The van der Waals surface area contributed by atoms with Crippen LogP contribution in [0.2, 0.25) is 0 Å². The van der Waals surface area contributed by atoms with Crippen molar-refractivity contribution in [2.75, 3.05) is 0 Å². The van der Waals surface area contributed by atoms with Gasteiger partial charge in [-0.3, -0.25) is 0 Å². The smallest absolute Gasteiger partial charge is 0.207 e. The molecule has 0 amide bonds. The van der Waals surface area contributed by atoms with Crippen LogP contribution in [0.15, 0.2) is 47.4 Å². The maximum Gasteiger partial charge on any atom is 0.241 e. The molecule has 0 atom stereocenters. The summed E-state index contributed by atoms with van der Waals surface area (Å²) in [6.45, 7) is 1.52. The van der Waals surface area contributed by atoms with Crippen molar-refractivity contribution in [2.24, 2.45) is 0 Å². The van der Waals surface area contributed by atoms with Gasteiger partial charge in [0.25, 0.3) is 0 Å². The third-order valence-corrected chi connectivity index (χ3v) is 4.58. The van der Waals surface area contributed by atoms with Crippen LogP contribution in [-0.2, 0) is 16.6 Å². The van der Waals surface area contributed by atoms with Crippen LogP contribution in [0.25, 0.3) is 0 Å². The predicted octanol–water partition coefficient (Wildman–Crippen LogP) is 2.48. The Morgan fingerprint density at radius 1 is 1.24 bits per heavy atom. The number of nitrogens with one attached hydrogen (secondary N) is 1. The highest BCUT2D eigenvalue weighted by molar-refractivity contribution is 7.89. The van der Waals surface area contributed by atoms with Gasteiger partial charge in [0.1, 0.15) is 5.82 Å². The lowest BCUT2D eigenvalue weighted by Gasteiger charge is -2.09. The second kappa shape index (κ2) is 6.04. The maximum atomic E-state index is 13.7. The number of benzene rings is 2. The zero-order valence-electron chi connectivity index (χ0n) is 11.3. The van der Waals surface area contributed by atoms with Crippen molar-refractivity contribution < 1.29 is 12.8 Å². The molecule has 108 valence electrons. The number of hydrogen-bond acceptors (Lipinski definition) is 3. The van der Waals surface area contributed by atoms with Crippen molar-refractivity contribution in [3.05, 3.63) is 65.0 Å². The van der Waals surface area contributed by atoms with Crippen molar-refractivity contribution in [1.29, 1.82) is 5.26 Å². The van der Waals surface area contributed by atoms with Crippen molar-refractivity contribution in [1.82, 2.24) is 4.72 Å². The molecule has 0 aliphatic rings. The normalized spacial score (nSPS) is 11.1. The molecule has 0 aliphatic heterocycles. The summed E-state index contributed by atoms with van der Waals surface area (Å²) in [5.74, 6) is -0.610. The van der Waals surface area contributed by atoms with E-state index in [1.807, 2.05) is 6.07 Å². The van der Waals surface area contributed by atoms with Gasteiger partial charge in [0.15, 0.2) is 0 Å². The highest BCUT2D eigenvalue weighted by Gasteiger charge is 2.16. The van der Waals surface area contributed by atoms with Crippen molar-refractivity contribution >= 4 is 10.0 Å². The lowest BCUT2D eigenvalue weighted by Crippen LogP contribution is -2.24. The Morgan fingerprint density at radius 3 is 2.57 bits per heavy atom. The van der Waals surface area contributed by atoms with Gasteiger partial charge in [0.05, 0.1) is 16.5 Å². The molecule has 0 aromatic heterocycles. The summed E-state index contributed by atoms with van der Waals surface area (Å²) < 4.78 is 40.4. The van der Waals surface area contributed by atoms with Gasteiger partial charge in [-0.2, -0.15) is 5.26 Å². The van der Waals surface area contributed by atoms with Gasteiger partial charge in [-0.15, -0.1) is 0 Å². The van der Waals surface area contributed by atoms with E-state index in [1.165, 1.54) is 18.2 Å². The molecule has 0 spiro atoms. The molecule has 2 aromatic rings. The van der Waals surface area contributed by atoms with Crippen molar-refractivity contribution in [3.8, 4) is 6.07 Å². The Morgan fingerprint density at radius 2 is 1.95 bits per heavy atom. The summed E-state index contributed by atoms with van der Waals surface area (Å²) in [6.07, 6.45) is 0. The molecule has 21 heavy (non-hydrogen) atoms. The van der Waals surface area contributed by atoms with E-state index in [4.69, 9.17) is 5.26 Å². The van der Waals surface area contributed by atoms with Gasteiger partial charge < -0.3 is 0 Å². The minimum Gasteiger partial charge on any atom is -0.207 e. The van der Waals surface area contributed by atoms with Crippen molar-refractivity contribution in [2.45, 2.75) is 18.4 Å². The first-order chi connectivity index (χ1) is 9.94. The number of sulfonamides is 1. The number of aryl methyl sites for hydroxylation is 1. The summed E-state index contributed by atoms with van der Waals surface area (Å²) in [5.41, 5.74) is 0.995. The fraction of sp³-hybridized carbons (Fsp3) is 0.133. The minimum absolute atomic E-state index is 0.166. The Labute approximate surface area is 122 Å². The zero-order chi connectivity index (χ0) is 15.5. The second-order valence-electron chi connectivity index (χ2n) is 4.51. The third kappa shape index (κ3) is 3.45. The topological polar surface area (TPSA) is 70.0 Å². The molecule has 0 saturated heterocycles. The number of halogens is 1. The lowest BCUT2D eigenvalue weighted by molar-refractivity contribution is 0.574. The van der Waals surface area contributed by atoms with E-state index in [-0.39, 0.29) is 22.6 Å². The molecule has 0 radical (unpaired) electrons. The molecule has 2 rings (SSSR count). The molecule has 0 unspecified atom stereocenters. The molecule has 0 saturated carbocycles. The molecular formula is C15H13FN2O2S. The highest BCUT2D eigenvalue weighted by atomic mass is 32.2. The van der Waals surface area contributed by atoms with Crippen LogP contribution in [0.3, 0.4) is 0 Å². The monoisotopic (exact) mass is 304 g/mol. The van der Waals surface area contributed by atoms with E-state index in [2.05, 4.69) is 4.72 Å². The Bertz CT molecular complexity index is 811. The van der Waals surface area contributed by atoms with Crippen LogP contribution in [0.5, 0.6) is 0 Å². The molecule has 4 nitrogen and oxygen atoms in total. The third-order valence-electron chi connectivity index (χ3n) is 3.02. The predicted molar refractivity (Wildman–Crippen MR) is 76.3 cm³/mol. The van der Waals surface area contributed by atoms with E-state index in [0.29, 0.717) is 5.56 Å². The van der Waals surface area contributed by atoms with E-state index >= 15 is 0 Å². The Balaban J connectivity index is 2.20. The van der Waals surface area contributed by atoms with Crippen LogP contribution in [0.1, 0.15) is 16.7 Å². The average Bonchev–Trinajstić information content (AvgIpc) is 2.46. The zero-order valence-corrected chi connectivity index (χ0v) is 12.1. The highest BCUT2D eigenvalue weighted by Crippen LogP contribution is 2.15. The van der Waals surface area contributed by atoms with Gasteiger partial charge in [-0.05, 0) is 30.7 Å². The van der Waals surface area contributed by atoms with Crippen molar-refractivity contribution in [3.63, 3.8) is 0 Å². The summed E-state index contributed by atoms with van der Waals surface area (Å²) in [7, 11) is -3.70. The Hall–Kier alpha value is -2.23. The molecule has 0 fully saturated rings.